The van der Waals surface area contributed by atoms with Gasteiger partial charge in [0.15, 0.2) is 0 Å². The number of hydrogen-bond acceptors (Lipinski definition) is 3. The van der Waals surface area contributed by atoms with Crippen LogP contribution in [0.5, 0.6) is 0 Å². The average molecular weight is 241 g/mol. The number of halogens is 1. The van der Waals surface area contributed by atoms with Crippen molar-refractivity contribution in [3.8, 4) is 0 Å². The molecule has 16 heavy (non-hydrogen) atoms. The number of hydrogen-bond donors (Lipinski definition) is 1. The maximum Gasteiger partial charge on any atom is 0.288 e. The second kappa shape index (κ2) is 5.51. The predicted molar refractivity (Wildman–Crippen MR) is 66.1 cm³/mol. The first-order valence-electron chi connectivity index (χ1n) is 4.85. The second-order valence-electron chi connectivity index (χ2n) is 3.38. The van der Waals surface area contributed by atoms with Crippen molar-refractivity contribution in [2.24, 2.45) is 0 Å². The Morgan fingerprint density at radius 2 is 2.31 bits per heavy atom. The van der Waals surface area contributed by atoms with Crippen LogP contribution in [-0.4, -0.2) is 11.5 Å². The van der Waals surface area contributed by atoms with Crippen molar-refractivity contribution in [1.29, 1.82) is 0 Å². The smallest absolute Gasteiger partial charge is 0.288 e. The van der Waals surface area contributed by atoms with Crippen LogP contribution >= 0.6 is 11.6 Å². The molecular weight excluding hydrogens is 228 g/mol. The molecule has 0 aliphatic rings. The van der Waals surface area contributed by atoms with E-state index in [0.717, 1.165) is 24.2 Å². The topological polar surface area (TPSA) is 55.2 Å². The van der Waals surface area contributed by atoms with E-state index in [1.807, 2.05) is 0 Å². The third kappa shape index (κ3) is 2.97. The molecule has 1 aromatic carbocycles. The number of rotatable bonds is 5. The molecule has 0 saturated carbocycles. The highest BCUT2D eigenvalue weighted by molar-refractivity contribution is 6.33. The molecule has 0 atom stereocenters. The van der Waals surface area contributed by atoms with E-state index < -0.39 is 4.92 Å². The van der Waals surface area contributed by atoms with Gasteiger partial charge in [-0.05, 0) is 25.0 Å². The molecule has 1 aromatic rings. The molecule has 0 radical (unpaired) electrons. The van der Waals surface area contributed by atoms with E-state index in [-0.39, 0.29) is 10.7 Å². The number of anilines is 1. The summed E-state index contributed by atoms with van der Waals surface area (Å²) in [5.41, 5.74) is 1.56. The Bertz CT molecular complexity index is 419. The Balaban J connectivity index is 2.92. The molecule has 1 N–H and O–H groups in total. The number of aryl methyl sites for hydroxylation is 1. The molecule has 0 amide bonds. The fourth-order valence-corrected chi connectivity index (χ4v) is 1.54. The molecule has 86 valence electrons. The number of nitro groups is 1. The second-order valence-corrected chi connectivity index (χ2v) is 3.79. The number of benzene rings is 1. The van der Waals surface area contributed by atoms with E-state index in [4.69, 9.17) is 11.6 Å². The Hall–Kier alpha value is -1.55. The van der Waals surface area contributed by atoms with Gasteiger partial charge >= 0.3 is 0 Å². The van der Waals surface area contributed by atoms with E-state index in [1.165, 1.54) is 6.07 Å². The Morgan fingerprint density at radius 3 is 2.88 bits per heavy atom. The van der Waals surface area contributed by atoms with Gasteiger partial charge in [0.2, 0.25) is 0 Å². The van der Waals surface area contributed by atoms with Crippen molar-refractivity contribution in [2.45, 2.75) is 13.3 Å². The van der Waals surface area contributed by atoms with Gasteiger partial charge in [-0.1, -0.05) is 17.7 Å². The summed E-state index contributed by atoms with van der Waals surface area (Å²) in [7, 11) is 0. The van der Waals surface area contributed by atoms with Gasteiger partial charge in [0, 0.05) is 18.3 Å². The van der Waals surface area contributed by atoms with Crippen LogP contribution in [0.15, 0.2) is 24.8 Å². The van der Waals surface area contributed by atoms with Gasteiger partial charge in [0.25, 0.3) is 5.69 Å². The summed E-state index contributed by atoms with van der Waals surface area (Å²) in [6.45, 7) is 6.15. The summed E-state index contributed by atoms with van der Waals surface area (Å²) < 4.78 is 0. The zero-order chi connectivity index (χ0) is 12.1. The van der Waals surface area contributed by atoms with Gasteiger partial charge in [-0.15, -0.1) is 6.58 Å². The molecule has 0 aromatic heterocycles. The molecule has 0 bridgehead atoms. The molecule has 5 heteroatoms. The van der Waals surface area contributed by atoms with Gasteiger partial charge in [-0.2, -0.15) is 0 Å². The van der Waals surface area contributed by atoms with Crippen LogP contribution in [0.3, 0.4) is 0 Å². The minimum absolute atomic E-state index is 0.0616. The highest BCUT2D eigenvalue weighted by atomic mass is 35.5. The molecule has 0 heterocycles. The third-order valence-corrected chi connectivity index (χ3v) is 2.46. The molecule has 0 saturated heterocycles. The minimum Gasteiger partial charge on any atom is -0.384 e. The fourth-order valence-electron chi connectivity index (χ4n) is 1.31. The van der Waals surface area contributed by atoms with E-state index in [2.05, 4.69) is 11.9 Å². The van der Waals surface area contributed by atoms with Crippen LogP contribution < -0.4 is 5.32 Å². The van der Waals surface area contributed by atoms with Gasteiger partial charge in [-0.3, -0.25) is 10.1 Å². The van der Waals surface area contributed by atoms with E-state index in [1.54, 1.807) is 19.1 Å². The molecule has 0 spiro atoms. The quantitative estimate of drug-likeness (QED) is 0.371. The standard InChI is InChI=1S/C11H13ClN2O2/c1-3-4-5-13-10-7-9(12)11(14(15)16)6-8(10)2/h3,6-7,13H,1,4-5H2,2H3. The number of nitro benzene ring substituents is 1. The summed E-state index contributed by atoms with van der Waals surface area (Å²) >= 11 is 5.81. The summed E-state index contributed by atoms with van der Waals surface area (Å²) in [6.07, 6.45) is 2.63. The lowest BCUT2D eigenvalue weighted by Gasteiger charge is -2.09. The maximum absolute atomic E-state index is 10.6. The molecule has 0 aliphatic heterocycles. The Kier molecular flexibility index (Phi) is 4.31. The first kappa shape index (κ1) is 12.5. The van der Waals surface area contributed by atoms with Crippen molar-refractivity contribution in [2.75, 3.05) is 11.9 Å². The molecule has 4 nitrogen and oxygen atoms in total. The normalized spacial score (nSPS) is 9.88. The average Bonchev–Trinajstić information content (AvgIpc) is 2.22. The van der Waals surface area contributed by atoms with Crippen LogP contribution in [0, 0.1) is 17.0 Å². The Labute approximate surface area is 99.1 Å². The van der Waals surface area contributed by atoms with E-state index in [0.29, 0.717) is 0 Å². The molecule has 0 aliphatic carbocycles. The number of nitrogens with zero attached hydrogens (tertiary/aromatic N) is 1. The Morgan fingerprint density at radius 1 is 1.62 bits per heavy atom. The minimum atomic E-state index is -0.483. The van der Waals surface area contributed by atoms with Gasteiger partial charge < -0.3 is 5.32 Å². The zero-order valence-electron chi connectivity index (χ0n) is 9.00. The van der Waals surface area contributed by atoms with Gasteiger partial charge in [0.1, 0.15) is 5.02 Å². The molecule has 0 fully saturated rings. The summed E-state index contributed by atoms with van der Waals surface area (Å²) in [4.78, 5) is 10.1. The summed E-state index contributed by atoms with van der Waals surface area (Å²) in [5, 5.41) is 13.9. The maximum atomic E-state index is 10.6. The first-order chi connectivity index (χ1) is 7.56. The largest absolute Gasteiger partial charge is 0.384 e. The van der Waals surface area contributed by atoms with Crippen LogP contribution in [0.25, 0.3) is 0 Å². The summed E-state index contributed by atoms with van der Waals surface area (Å²) in [6, 6.07) is 3.05. The lowest BCUT2D eigenvalue weighted by molar-refractivity contribution is -0.384. The van der Waals surface area contributed by atoms with Crippen molar-refractivity contribution in [1.82, 2.24) is 0 Å². The van der Waals surface area contributed by atoms with Crippen LogP contribution in [0.2, 0.25) is 5.02 Å². The van der Waals surface area contributed by atoms with E-state index >= 15 is 0 Å². The van der Waals surface area contributed by atoms with Crippen LogP contribution in [-0.2, 0) is 0 Å². The first-order valence-corrected chi connectivity index (χ1v) is 5.23. The highest BCUT2D eigenvalue weighted by Crippen LogP contribution is 2.30. The number of nitrogens with one attached hydrogen (secondary N) is 1. The monoisotopic (exact) mass is 240 g/mol. The van der Waals surface area contributed by atoms with Gasteiger partial charge in [-0.25, -0.2) is 0 Å². The van der Waals surface area contributed by atoms with Gasteiger partial charge in [0.05, 0.1) is 4.92 Å². The lowest BCUT2D eigenvalue weighted by Crippen LogP contribution is -2.02. The predicted octanol–water partition coefficient (Wildman–Crippen LogP) is 3.54. The van der Waals surface area contributed by atoms with Crippen molar-refractivity contribution in [3.05, 3.63) is 45.5 Å². The summed E-state index contributed by atoms with van der Waals surface area (Å²) in [5.74, 6) is 0. The fraction of sp³-hybridized carbons (Fsp3) is 0.273. The molecular formula is C11H13ClN2O2. The zero-order valence-corrected chi connectivity index (χ0v) is 9.75. The van der Waals surface area contributed by atoms with Crippen LogP contribution in [0.4, 0.5) is 11.4 Å². The van der Waals surface area contributed by atoms with E-state index in [9.17, 15) is 10.1 Å². The van der Waals surface area contributed by atoms with Crippen molar-refractivity contribution >= 4 is 23.0 Å². The SMILES string of the molecule is C=CCCNc1cc(Cl)c([N+](=O)[O-])cc1C. The van der Waals surface area contributed by atoms with Crippen LogP contribution in [0.1, 0.15) is 12.0 Å². The van der Waals surface area contributed by atoms with Crippen molar-refractivity contribution in [3.63, 3.8) is 0 Å². The lowest BCUT2D eigenvalue weighted by atomic mass is 10.1. The van der Waals surface area contributed by atoms with Crippen molar-refractivity contribution < 1.29 is 4.92 Å². The third-order valence-electron chi connectivity index (χ3n) is 2.15. The molecule has 0 unspecified atom stereocenters. The molecule has 1 rings (SSSR count). The highest BCUT2D eigenvalue weighted by Gasteiger charge is 2.14.